The summed E-state index contributed by atoms with van der Waals surface area (Å²) in [5.41, 5.74) is 6.70. The lowest BCUT2D eigenvalue weighted by Gasteiger charge is -2.20. The fourth-order valence-corrected chi connectivity index (χ4v) is 1.78. The van der Waals surface area contributed by atoms with Crippen molar-refractivity contribution in [3.63, 3.8) is 0 Å². The molecule has 1 rings (SSSR count). The van der Waals surface area contributed by atoms with Gasteiger partial charge in [-0.05, 0) is 36.4 Å². The predicted molar refractivity (Wildman–Crippen MR) is 73.4 cm³/mol. The molecule has 16 heavy (non-hydrogen) atoms. The molecule has 0 amide bonds. The zero-order valence-electron chi connectivity index (χ0n) is 9.83. The fraction of sp³-hybridized carbons (Fsp3) is 0.600. The average molecular weight is 336 g/mol. The zero-order valence-corrected chi connectivity index (χ0v) is 12.0. The summed E-state index contributed by atoms with van der Waals surface area (Å²) in [6.45, 7) is 6.32. The predicted octanol–water partition coefficient (Wildman–Crippen LogP) is 1.66. The third-order valence-corrected chi connectivity index (χ3v) is 3.44. The van der Waals surface area contributed by atoms with Crippen LogP contribution < -0.4 is 10.6 Å². The fourth-order valence-electron chi connectivity index (χ4n) is 1.38. The van der Waals surface area contributed by atoms with Crippen LogP contribution in [0.5, 0.6) is 0 Å². The van der Waals surface area contributed by atoms with E-state index in [-0.39, 0.29) is 0 Å². The molecule has 0 aliphatic rings. The molecule has 0 aliphatic heterocycles. The van der Waals surface area contributed by atoms with E-state index in [0.717, 1.165) is 22.4 Å². The number of rotatable bonds is 5. The van der Waals surface area contributed by atoms with Gasteiger partial charge in [0, 0.05) is 20.2 Å². The van der Waals surface area contributed by atoms with E-state index in [2.05, 4.69) is 51.3 Å². The molecule has 0 saturated carbocycles. The smallest absolute Gasteiger partial charge is 0.227 e. The SMILES string of the molecule is CCN(CC)c1nc(N)c(I)c(COC)n1. The van der Waals surface area contributed by atoms with Crippen molar-refractivity contribution in [2.45, 2.75) is 20.5 Å². The molecular formula is C10H17IN4O. The van der Waals surface area contributed by atoms with Gasteiger partial charge in [-0.25, -0.2) is 4.98 Å². The second kappa shape index (κ2) is 6.19. The summed E-state index contributed by atoms with van der Waals surface area (Å²) in [6.07, 6.45) is 0. The second-order valence-electron chi connectivity index (χ2n) is 3.27. The number of nitrogens with zero attached hydrogens (tertiary/aromatic N) is 3. The van der Waals surface area contributed by atoms with Crippen molar-refractivity contribution < 1.29 is 4.74 Å². The third kappa shape index (κ3) is 2.94. The minimum atomic E-state index is 0.458. The first kappa shape index (κ1) is 13.4. The van der Waals surface area contributed by atoms with Gasteiger partial charge < -0.3 is 15.4 Å². The molecular weight excluding hydrogens is 319 g/mol. The number of aromatic nitrogens is 2. The number of hydrogen-bond donors (Lipinski definition) is 1. The lowest BCUT2D eigenvalue weighted by molar-refractivity contribution is 0.181. The van der Waals surface area contributed by atoms with E-state index in [1.165, 1.54) is 0 Å². The summed E-state index contributed by atoms with van der Waals surface area (Å²) in [5.74, 6) is 1.19. The minimum absolute atomic E-state index is 0.458. The van der Waals surface area contributed by atoms with Crippen LogP contribution in [0.3, 0.4) is 0 Å². The molecule has 0 unspecified atom stereocenters. The first-order valence-corrected chi connectivity index (χ1v) is 6.27. The van der Waals surface area contributed by atoms with Crippen LogP contribution in [0.25, 0.3) is 0 Å². The Morgan fingerprint density at radius 3 is 2.44 bits per heavy atom. The van der Waals surface area contributed by atoms with E-state index >= 15 is 0 Å². The standard InChI is InChI=1S/C10H17IN4O/c1-4-15(5-2)10-13-7(6-16-3)8(11)9(12)14-10/h4-6H2,1-3H3,(H2,12,13,14). The Morgan fingerprint density at radius 2 is 1.94 bits per heavy atom. The highest BCUT2D eigenvalue weighted by Crippen LogP contribution is 2.20. The van der Waals surface area contributed by atoms with Gasteiger partial charge in [-0.3, -0.25) is 0 Å². The van der Waals surface area contributed by atoms with Crippen LogP contribution in [0.2, 0.25) is 0 Å². The van der Waals surface area contributed by atoms with Crippen molar-refractivity contribution in [1.82, 2.24) is 9.97 Å². The van der Waals surface area contributed by atoms with Crippen molar-refractivity contribution in [3.05, 3.63) is 9.26 Å². The molecule has 0 aliphatic carbocycles. The van der Waals surface area contributed by atoms with Gasteiger partial charge in [0.15, 0.2) is 0 Å². The largest absolute Gasteiger partial charge is 0.383 e. The zero-order chi connectivity index (χ0) is 12.1. The van der Waals surface area contributed by atoms with Gasteiger partial charge in [0.05, 0.1) is 15.9 Å². The topological polar surface area (TPSA) is 64.3 Å². The first-order valence-electron chi connectivity index (χ1n) is 5.19. The lowest BCUT2D eigenvalue weighted by atomic mass is 10.4. The lowest BCUT2D eigenvalue weighted by Crippen LogP contribution is -2.25. The summed E-state index contributed by atoms with van der Waals surface area (Å²) < 4.78 is 5.97. The molecule has 1 aromatic heterocycles. The number of hydrogen-bond acceptors (Lipinski definition) is 5. The van der Waals surface area contributed by atoms with Gasteiger partial charge in [-0.2, -0.15) is 4.98 Å². The first-order chi connectivity index (χ1) is 7.63. The Morgan fingerprint density at radius 1 is 1.31 bits per heavy atom. The van der Waals surface area contributed by atoms with Gasteiger partial charge in [0.1, 0.15) is 5.82 Å². The van der Waals surface area contributed by atoms with Crippen LogP contribution in [-0.2, 0) is 11.3 Å². The molecule has 90 valence electrons. The van der Waals surface area contributed by atoms with Crippen molar-refractivity contribution >= 4 is 34.4 Å². The van der Waals surface area contributed by atoms with Crippen LogP contribution in [0, 0.1) is 3.57 Å². The van der Waals surface area contributed by atoms with Gasteiger partial charge >= 0.3 is 0 Å². The summed E-state index contributed by atoms with van der Waals surface area (Å²) in [7, 11) is 1.64. The van der Waals surface area contributed by atoms with Crippen LogP contribution in [0.1, 0.15) is 19.5 Å². The number of halogens is 1. The van der Waals surface area contributed by atoms with E-state index < -0.39 is 0 Å². The normalized spacial score (nSPS) is 10.5. The Kier molecular flexibility index (Phi) is 5.20. The van der Waals surface area contributed by atoms with Crippen LogP contribution in [0.4, 0.5) is 11.8 Å². The Bertz CT molecular complexity index is 355. The maximum absolute atomic E-state index is 5.86. The number of ether oxygens (including phenoxy) is 1. The summed E-state index contributed by atoms with van der Waals surface area (Å²) in [6, 6.07) is 0. The van der Waals surface area contributed by atoms with Crippen LogP contribution in [0.15, 0.2) is 0 Å². The minimum Gasteiger partial charge on any atom is -0.383 e. The van der Waals surface area contributed by atoms with Crippen LogP contribution in [-0.4, -0.2) is 30.2 Å². The molecule has 0 bridgehead atoms. The molecule has 1 heterocycles. The number of methoxy groups -OCH3 is 1. The molecule has 0 spiro atoms. The van der Waals surface area contributed by atoms with Crippen LogP contribution >= 0.6 is 22.6 Å². The maximum atomic E-state index is 5.86. The van der Waals surface area contributed by atoms with Crippen molar-refractivity contribution in [1.29, 1.82) is 0 Å². The number of anilines is 2. The van der Waals surface area contributed by atoms with E-state index in [9.17, 15) is 0 Å². The molecule has 1 aromatic rings. The number of nitrogen functional groups attached to an aromatic ring is 1. The average Bonchev–Trinajstić information content (AvgIpc) is 2.27. The molecule has 0 radical (unpaired) electrons. The third-order valence-electron chi connectivity index (χ3n) is 2.26. The van der Waals surface area contributed by atoms with Gasteiger partial charge in [-0.15, -0.1) is 0 Å². The molecule has 2 N–H and O–H groups in total. The Labute approximate surface area is 110 Å². The summed E-state index contributed by atoms with van der Waals surface area (Å²) in [5, 5.41) is 0. The number of nitrogens with two attached hydrogens (primary N) is 1. The van der Waals surface area contributed by atoms with E-state index in [1.54, 1.807) is 7.11 Å². The quantitative estimate of drug-likeness (QED) is 0.829. The van der Waals surface area contributed by atoms with Gasteiger partial charge in [0.25, 0.3) is 0 Å². The van der Waals surface area contributed by atoms with E-state index in [1.807, 2.05) is 0 Å². The Balaban J connectivity index is 3.12. The van der Waals surface area contributed by atoms with E-state index in [0.29, 0.717) is 18.4 Å². The summed E-state index contributed by atoms with van der Waals surface area (Å²) >= 11 is 2.14. The van der Waals surface area contributed by atoms with Gasteiger partial charge in [-0.1, -0.05) is 0 Å². The van der Waals surface area contributed by atoms with Crippen molar-refractivity contribution in [2.24, 2.45) is 0 Å². The highest BCUT2D eigenvalue weighted by atomic mass is 127. The molecule has 5 nitrogen and oxygen atoms in total. The molecule has 6 heteroatoms. The molecule has 0 atom stereocenters. The second-order valence-corrected chi connectivity index (χ2v) is 4.35. The van der Waals surface area contributed by atoms with Crippen molar-refractivity contribution in [2.75, 3.05) is 30.8 Å². The monoisotopic (exact) mass is 336 g/mol. The highest BCUT2D eigenvalue weighted by molar-refractivity contribution is 14.1. The summed E-state index contributed by atoms with van der Waals surface area (Å²) in [4.78, 5) is 10.8. The van der Waals surface area contributed by atoms with Crippen molar-refractivity contribution in [3.8, 4) is 0 Å². The molecule has 0 aromatic carbocycles. The molecule has 0 saturated heterocycles. The molecule has 0 fully saturated rings. The highest BCUT2D eigenvalue weighted by Gasteiger charge is 2.12. The Hall–Kier alpha value is -0.630. The van der Waals surface area contributed by atoms with Gasteiger partial charge in [0.2, 0.25) is 5.95 Å². The maximum Gasteiger partial charge on any atom is 0.227 e. The van der Waals surface area contributed by atoms with E-state index in [4.69, 9.17) is 10.5 Å².